The van der Waals surface area contributed by atoms with Crippen LogP contribution in [0.1, 0.15) is 65.0 Å². The Morgan fingerprint density at radius 1 is 1.10 bits per heavy atom. The Morgan fingerprint density at radius 2 is 1.67 bits per heavy atom. The van der Waals surface area contributed by atoms with Gasteiger partial charge in [-0.05, 0) is 88.5 Å². The maximum absolute atomic E-state index is 13.0. The number of anilines is 1. The van der Waals surface area contributed by atoms with E-state index < -0.39 is 0 Å². The first-order valence-corrected chi connectivity index (χ1v) is 11.4. The second-order valence-electron chi connectivity index (χ2n) is 8.53. The van der Waals surface area contributed by atoms with Crippen molar-refractivity contribution in [3.63, 3.8) is 0 Å². The van der Waals surface area contributed by atoms with E-state index in [1.165, 1.54) is 15.4 Å². The molecular formula is C23H30ClN3O2S. The third-order valence-corrected chi connectivity index (χ3v) is 6.93. The summed E-state index contributed by atoms with van der Waals surface area (Å²) in [6.45, 7) is 14.3. The number of fused-ring (bicyclic) bond motifs is 1. The van der Waals surface area contributed by atoms with Crippen LogP contribution in [0.5, 0.6) is 0 Å². The van der Waals surface area contributed by atoms with Gasteiger partial charge in [0, 0.05) is 35.9 Å². The zero-order valence-electron chi connectivity index (χ0n) is 18.6. The molecule has 1 unspecified atom stereocenters. The summed E-state index contributed by atoms with van der Waals surface area (Å²) in [4.78, 5) is 31.2. The highest BCUT2D eigenvalue weighted by molar-refractivity contribution is 7.80. The van der Waals surface area contributed by atoms with Crippen molar-refractivity contribution >= 4 is 52.5 Å². The normalized spacial score (nSPS) is 21.3. The van der Waals surface area contributed by atoms with Gasteiger partial charge in [-0.3, -0.25) is 19.4 Å². The Morgan fingerprint density at radius 3 is 2.17 bits per heavy atom. The van der Waals surface area contributed by atoms with E-state index in [-0.39, 0.29) is 28.0 Å². The molecule has 3 rings (SSSR count). The molecule has 0 aliphatic carbocycles. The molecule has 5 nitrogen and oxygen atoms in total. The van der Waals surface area contributed by atoms with Crippen molar-refractivity contribution in [2.75, 3.05) is 24.5 Å². The van der Waals surface area contributed by atoms with Crippen LogP contribution in [0.3, 0.4) is 0 Å². The van der Waals surface area contributed by atoms with Crippen molar-refractivity contribution in [1.82, 2.24) is 9.80 Å². The highest BCUT2D eigenvalue weighted by Gasteiger charge is 2.39. The second-order valence-corrected chi connectivity index (χ2v) is 9.31. The Bertz CT molecular complexity index is 913. The number of hydrogen-bond donors (Lipinski definition) is 0. The van der Waals surface area contributed by atoms with Gasteiger partial charge in [-0.1, -0.05) is 18.5 Å². The van der Waals surface area contributed by atoms with Crippen LogP contribution in [-0.4, -0.2) is 51.9 Å². The molecule has 7 heteroatoms. The van der Waals surface area contributed by atoms with Crippen molar-refractivity contribution < 1.29 is 9.59 Å². The Labute approximate surface area is 189 Å². The van der Waals surface area contributed by atoms with E-state index in [1.807, 2.05) is 26.0 Å². The molecule has 0 N–H and O–H groups in total. The Hall–Kier alpha value is -1.92. The first kappa shape index (κ1) is 22.8. The molecular weight excluding hydrogens is 418 g/mol. The number of halogens is 1. The summed E-state index contributed by atoms with van der Waals surface area (Å²) in [5.41, 5.74) is 3.15. The van der Waals surface area contributed by atoms with Crippen molar-refractivity contribution in [3.05, 3.63) is 33.9 Å². The van der Waals surface area contributed by atoms with E-state index in [4.69, 9.17) is 23.8 Å². The van der Waals surface area contributed by atoms with Gasteiger partial charge in [-0.25, -0.2) is 0 Å². The first-order chi connectivity index (χ1) is 14.1. The second kappa shape index (κ2) is 8.31. The third-order valence-electron chi connectivity index (χ3n) is 6.17. The third kappa shape index (κ3) is 3.65. The van der Waals surface area contributed by atoms with Gasteiger partial charge in [0.25, 0.3) is 11.8 Å². The lowest BCUT2D eigenvalue weighted by molar-refractivity contribution is -0.133. The summed E-state index contributed by atoms with van der Waals surface area (Å²) in [5, 5.41) is 0.794. The molecule has 1 atom stereocenters. The first-order valence-electron chi connectivity index (χ1n) is 10.6. The molecule has 2 aliphatic rings. The van der Waals surface area contributed by atoms with Crippen LogP contribution in [0, 0.1) is 0 Å². The predicted molar refractivity (Wildman–Crippen MR) is 127 cm³/mol. The fourth-order valence-electron chi connectivity index (χ4n) is 4.77. The molecule has 2 amide bonds. The molecule has 162 valence electrons. The molecule has 1 aromatic carbocycles. The summed E-state index contributed by atoms with van der Waals surface area (Å²) in [6, 6.07) is 4.01. The molecule has 1 fully saturated rings. The molecule has 30 heavy (non-hydrogen) atoms. The molecule has 0 spiro atoms. The molecule has 2 aliphatic heterocycles. The number of benzene rings is 1. The fraction of sp³-hybridized carbons (Fsp3) is 0.522. The van der Waals surface area contributed by atoms with Crippen molar-refractivity contribution in [1.29, 1.82) is 0 Å². The lowest BCUT2D eigenvalue weighted by Gasteiger charge is -2.47. The zero-order valence-corrected chi connectivity index (χ0v) is 20.2. The topological polar surface area (TPSA) is 43.9 Å². The van der Waals surface area contributed by atoms with Crippen molar-refractivity contribution in [3.8, 4) is 0 Å². The minimum absolute atomic E-state index is 0.0404. The molecule has 0 aromatic heterocycles. The maximum atomic E-state index is 13.0. The number of nitrogens with zero attached hydrogens (tertiary/aromatic N) is 3. The van der Waals surface area contributed by atoms with Crippen LogP contribution in [0.2, 0.25) is 5.02 Å². The Balaban J connectivity index is 2.12. The highest BCUT2D eigenvalue weighted by Crippen LogP contribution is 2.45. The lowest BCUT2D eigenvalue weighted by atomic mass is 9.79. The number of hydrogen-bond acceptors (Lipinski definition) is 4. The van der Waals surface area contributed by atoms with E-state index in [0.29, 0.717) is 29.6 Å². The molecule has 1 saturated heterocycles. The van der Waals surface area contributed by atoms with Crippen molar-refractivity contribution in [2.24, 2.45) is 0 Å². The fourth-order valence-corrected chi connectivity index (χ4v) is 5.41. The van der Waals surface area contributed by atoms with Gasteiger partial charge in [-0.15, -0.1) is 0 Å². The zero-order chi connectivity index (χ0) is 22.4. The van der Waals surface area contributed by atoms with Crippen LogP contribution in [0.25, 0.3) is 6.08 Å². The summed E-state index contributed by atoms with van der Waals surface area (Å²) in [7, 11) is 0. The summed E-state index contributed by atoms with van der Waals surface area (Å²) < 4.78 is 0. The standard InChI is InChI=1S/C23H30ClN3O2S/c1-7-25-20(28)17(21(29)26(8-2)22(25)30)11-15-10-16-14(4)13-23(5,6)27(9-3)19(16)12-18(15)24/h10-12,14H,7-9,13H2,1-6H3. The monoisotopic (exact) mass is 447 g/mol. The van der Waals surface area contributed by atoms with Gasteiger partial charge in [0.2, 0.25) is 0 Å². The van der Waals surface area contributed by atoms with E-state index in [0.717, 1.165) is 18.7 Å². The smallest absolute Gasteiger partial charge is 0.265 e. The SMILES string of the molecule is CCN1C(=O)C(=Cc2cc3c(cc2Cl)N(CC)C(C)(C)CC3C)C(=O)N(CC)C1=S. The van der Waals surface area contributed by atoms with E-state index in [1.54, 1.807) is 6.08 Å². The van der Waals surface area contributed by atoms with E-state index >= 15 is 0 Å². The highest BCUT2D eigenvalue weighted by atomic mass is 35.5. The molecule has 2 heterocycles. The average Bonchev–Trinajstić information content (AvgIpc) is 2.66. The van der Waals surface area contributed by atoms with Crippen LogP contribution in [0.4, 0.5) is 5.69 Å². The predicted octanol–water partition coefficient (Wildman–Crippen LogP) is 4.83. The van der Waals surface area contributed by atoms with Gasteiger partial charge in [0.1, 0.15) is 5.57 Å². The minimum atomic E-state index is -0.365. The quantitative estimate of drug-likeness (QED) is 0.376. The summed E-state index contributed by atoms with van der Waals surface area (Å²) in [5.74, 6) is -0.387. The molecule has 0 bridgehead atoms. The van der Waals surface area contributed by atoms with Crippen LogP contribution in [0.15, 0.2) is 17.7 Å². The summed E-state index contributed by atoms with van der Waals surface area (Å²) >= 11 is 12.0. The number of thiocarbonyl (C=S) groups is 1. The van der Waals surface area contributed by atoms with Crippen LogP contribution < -0.4 is 4.90 Å². The number of carbonyl (C=O) groups is 2. The van der Waals surface area contributed by atoms with E-state index in [2.05, 4.69) is 32.6 Å². The number of likely N-dealkylation sites (N-methyl/N-ethyl adjacent to an activating group) is 2. The molecule has 0 saturated carbocycles. The van der Waals surface area contributed by atoms with Crippen molar-refractivity contribution in [2.45, 2.75) is 59.4 Å². The Kier molecular flexibility index (Phi) is 6.30. The van der Waals surface area contributed by atoms with Crippen LogP contribution >= 0.6 is 23.8 Å². The van der Waals surface area contributed by atoms with Gasteiger partial charge >= 0.3 is 0 Å². The van der Waals surface area contributed by atoms with Crippen LogP contribution in [-0.2, 0) is 9.59 Å². The van der Waals surface area contributed by atoms with Gasteiger partial charge in [0.15, 0.2) is 5.11 Å². The largest absolute Gasteiger partial charge is 0.366 e. The number of rotatable bonds is 4. The maximum Gasteiger partial charge on any atom is 0.265 e. The molecule has 0 radical (unpaired) electrons. The minimum Gasteiger partial charge on any atom is -0.366 e. The lowest BCUT2D eigenvalue weighted by Crippen LogP contribution is -2.55. The molecule has 1 aromatic rings. The number of amides is 2. The number of carbonyl (C=O) groups excluding carboxylic acids is 2. The van der Waals surface area contributed by atoms with E-state index in [9.17, 15) is 9.59 Å². The average molecular weight is 448 g/mol. The van der Waals surface area contributed by atoms with Gasteiger partial charge in [0.05, 0.1) is 0 Å². The van der Waals surface area contributed by atoms with Gasteiger partial charge in [-0.2, -0.15) is 0 Å². The van der Waals surface area contributed by atoms with Gasteiger partial charge < -0.3 is 4.90 Å². The summed E-state index contributed by atoms with van der Waals surface area (Å²) in [6.07, 6.45) is 2.65.